The van der Waals surface area contributed by atoms with Crippen molar-refractivity contribution in [2.75, 3.05) is 24.6 Å². The van der Waals surface area contributed by atoms with Crippen molar-refractivity contribution < 1.29 is 9.21 Å². The third-order valence-electron chi connectivity index (χ3n) is 4.43. The molecule has 0 unspecified atom stereocenters. The van der Waals surface area contributed by atoms with Gasteiger partial charge in [0.1, 0.15) is 0 Å². The van der Waals surface area contributed by atoms with Gasteiger partial charge in [0.2, 0.25) is 5.89 Å². The fourth-order valence-corrected chi connectivity index (χ4v) is 4.28. The lowest BCUT2D eigenvalue weighted by molar-refractivity contribution is 0.0772. The van der Waals surface area contributed by atoms with Crippen LogP contribution in [-0.4, -0.2) is 55.4 Å². The second kappa shape index (κ2) is 7.47. The van der Waals surface area contributed by atoms with E-state index in [4.69, 9.17) is 4.42 Å². The number of hydrogen-bond donors (Lipinski definition) is 0. The van der Waals surface area contributed by atoms with Crippen LogP contribution in [0.4, 0.5) is 0 Å². The molecular weight excluding hydrogens is 430 g/mol. The molecule has 3 heterocycles. The highest BCUT2D eigenvalue weighted by Gasteiger charge is 2.21. The predicted molar refractivity (Wildman–Crippen MR) is 107 cm³/mol. The molecule has 1 aliphatic rings. The number of rotatable bonds is 3. The smallest absolute Gasteiger partial charge is 0.269 e. The van der Waals surface area contributed by atoms with E-state index in [1.807, 2.05) is 47.9 Å². The van der Waals surface area contributed by atoms with E-state index < -0.39 is 0 Å². The second-order valence-corrected chi connectivity index (χ2v) is 8.26. The van der Waals surface area contributed by atoms with Gasteiger partial charge in [-0.15, -0.1) is 10.2 Å². The Balaban J connectivity index is 1.61. The number of carbonyl (C=O) groups excluding carboxylic acids is 1. The topological polar surface area (TPSA) is 77.1 Å². The van der Waals surface area contributed by atoms with Crippen LogP contribution in [0.1, 0.15) is 21.9 Å². The molecule has 0 N–H and O–H groups in total. The Bertz CT molecular complexity index is 976. The zero-order valence-corrected chi connectivity index (χ0v) is 17.4. The van der Waals surface area contributed by atoms with E-state index in [0.717, 1.165) is 40.4 Å². The van der Waals surface area contributed by atoms with Crippen LogP contribution in [0.3, 0.4) is 0 Å². The molecule has 1 saturated heterocycles. The lowest BCUT2D eigenvalue weighted by atomic mass is 10.1. The first-order valence-corrected chi connectivity index (χ1v) is 10.5. The third-order valence-corrected chi connectivity index (χ3v) is 6.32. The number of aromatic nitrogens is 4. The molecule has 0 bridgehead atoms. The maximum atomic E-state index is 12.6. The second-order valence-electron chi connectivity index (χ2n) is 6.24. The summed E-state index contributed by atoms with van der Waals surface area (Å²) >= 11 is 5.45. The normalized spacial score (nSPS) is 14.6. The molecule has 1 fully saturated rings. The van der Waals surface area contributed by atoms with Crippen LogP contribution in [0.5, 0.6) is 0 Å². The van der Waals surface area contributed by atoms with Crippen molar-refractivity contribution in [1.82, 2.24) is 24.9 Å². The monoisotopic (exact) mass is 447 g/mol. The minimum absolute atomic E-state index is 0.0854. The number of aryl methyl sites for hydroxylation is 1. The summed E-state index contributed by atoms with van der Waals surface area (Å²) in [5.41, 5.74) is 3.07. The number of nitrogens with zero attached hydrogens (tertiary/aromatic N) is 5. The molecule has 1 aromatic carbocycles. The van der Waals surface area contributed by atoms with Crippen molar-refractivity contribution in [3.8, 4) is 17.3 Å². The number of thioether (sulfide) groups is 1. The number of hydrogen-bond acceptors (Lipinski definition) is 6. The largest absolute Gasteiger partial charge is 0.420 e. The van der Waals surface area contributed by atoms with Crippen molar-refractivity contribution >= 4 is 33.6 Å². The third kappa shape index (κ3) is 3.53. The fourth-order valence-electron chi connectivity index (χ4n) is 2.96. The Hall–Kier alpha value is -2.13. The van der Waals surface area contributed by atoms with Gasteiger partial charge in [-0.25, -0.2) is 4.68 Å². The van der Waals surface area contributed by atoms with Crippen molar-refractivity contribution in [1.29, 1.82) is 0 Å². The van der Waals surface area contributed by atoms with Crippen molar-refractivity contribution in [3.63, 3.8) is 0 Å². The molecule has 0 atom stereocenters. The minimum Gasteiger partial charge on any atom is -0.420 e. The average molecular weight is 448 g/mol. The zero-order valence-electron chi connectivity index (χ0n) is 15.0. The Labute approximate surface area is 169 Å². The predicted octanol–water partition coefficient (Wildman–Crippen LogP) is 3.49. The van der Waals surface area contributed by atoms with Crippen LogP contribution in [0.2, 0.25) is 0 Å². The molecule has 9 heteroatoms. The summed E-state index contributed by atoms with van der Waals surface area (Å²) in [5.74, 6) is 2.95. The molecule has 0 aliphatic carbocycles. The molecule has 27 heavy (non-hydrogen) atoms. The summed E-state index contributed by atoms with van der Waals surface area (Å²) in [6, 6.07) is 7.51. The first kappa shape index (κ1) is 18.2. The highest BCUT2D eigenvalue weighted by Crippen LogP contribution is 2.31. The summed E-state index contributed by atoms with van der Waals surface area (Å²) in [5, 5.41) is 12.5. The number of benzene rings is 1. The first-order valence-electron chi connectivity index (χ1n) is 8.57. The lowest BCUT2D eigenvalue weighted by Crippen LogP contribution is -2.37. The van der Waals surface area contributed by atoms with E-state index in [1.54, 1.807) is 11.6 Å². The summed E-state index contributed by atoms with van der Waals surface area (Å²) < 4.78 is 8.09. The minimum atomic E-state index is 0.0854. The van der Waals surface area contributed by atoms with Gasteiger partial charge in [-0.2, -0.15) is 16.9 Å². The lowest BCUT2D eigenvalue weighted by Gasteiger charge is -2.26. The molecular formula is C18H18BrN5O2S. The van der Waals surface area contributed by atoms with E-state index in [2.05, 4.69) is 31.2 Å². The van der Waals surface area contributed by atoms with Gasteiger partial charge < -0.3 is 9.32 Å². The molecule has 0 spiro atoms. The first-order chi connectivity index (χ1) is 13.0. The van der Waals surface area contributed by atoms with Crippen molar-refractivity contribution in [3.05, 3.63) is 45.9 Å². The molecule has 2 aromatic heterocycles. The highest BCUT2D eigenvalue weighted by molar-refractivity contribution is 9.10. The van der Waals surface area contributed by atoms with Gasteiger partial charge in [0.05, 0.1) is 15.9 Å². The number of carbonyl (C=O) groups is 1. The van der Waals surface area contributed by atoms with Crippen LogP contribution < -0.4 is 0 Å². The van der Waals surface area contributed by atoms with Crippen molar-refractivity contribution in [2.45, 2.75) is 13.8 Å². The van der Waals surface area contributed by atoms with E-state index in [-0.39, 0.29) is 5.91 Å². The Morgan fingerprint density at radius 3 is 2.48 bits per heavy atom. The molecule has 1 aliphatic heterocycles. The van der Waals surface area contributed by atoms with Gasteiger partial charge in [0.15, 0.2) is 5.69 Å². The van der Waals surface area contributed by atoms with E-state index in [0.29, 0.717) is 23.0 Å². The van der Waals surface area contributed by atoms with Crippen LogP contribution in [0, 0.1) is 13.8 Å². The maximum absolute atomic E-state index is 12.6. The molecule has 7 nitrogen and oxygen atoms in total. The quantitative estimate of drug-likeness (QED) is 0.611. The average Bonchev–Trinajstić information content (AvgIpc) is 3.26. The molecule has 1 amide bonds. The maximum Gasteiger partial charge on any atom is 0.269 e. The summed E-state index contributed by atoms with van der Waals surface area (Å²) in [4.78, 5) is 14.5. The van der Waals surface area contributed by atoms with E-state index in [9.17, 15) is 4.79 Å². The van der Waals surface area contributed by atoms with Gasteiger partial charge in [0.25, 0.3) is 11.8 Å². The molecule has 0 radical (unpaired) electrons. The van der Waals surface area contributed by atoms with Crippen molar-refractivity contribution in [2.24, 2.45) is 0 Å². The molecule has 3 aromatic rings. The van der Waals surface area contributed by atoms with E-state index in [1.165, 1.54) is 0 Å². The Kier molecular flexibility index (Phi) is 5.05. The van der Waals surface area contributed by atoms with Crippen LogP contribution in [0.25, 0.3) is 17.3 Å². The fraction of sp³-hybridized carbons (Fsp3) is 0.333. The van der Waals surface area contributed by atoms with Gasteiger partial charge in [0, 0.05) is 37.1 Å². The van der Waals surface area contributed by atoms with Gasteiger partial charge >= 0.3 is 0 Å². The Morgan fingerprint density at radius 1 is 1.15 bits per heavy atom. The van der Waals surface area contributed by atoms with Crippen LogP contribution in [-0.2, 0) is 0 Å². The van der Waals surface area contributed by atoms with Gasteiger partial charge in [-0.1, -0.05) is 0 Å². The highest BCUT2D eigenvalue weighted by atomic mass is 79.9. The van der Waals surface area contributed by atoms with Gasteiger partial charge in [-0.05, 0) is 47.1 Å². The summed E-state index contributed by atoms with van der Waals surface area (Å²) in [7, 11) is 0. The molecule has 0 saturated carbocycles. The Morgan fingerprint density at radius 2 is 1.85 bits per heavy atom. The van der Waals surface area contributed by atoms with Crippen LogP contribution in [0.15, 0.2) is 33.2 Å². The summed E-state index contributed by atoms with van der Waals surface area (Å²) in [6.07, 6.45) is 0. The SMILES string of the molecule is Cc1nnc(-c2nn(-c3ccc(C(=O)N4CCSCC4)cc3)c(C)c2Br)o1. The van der Waals surface area contributed by atoms with Crippen LogP contribution >= 0.6 is 27.7 Å². The standard InChI is InChI=1S/C18H18BrN5O2S/c1-11-15(19)16(17-21-20-12(2)26-17)22-24(11)14-5-3-13(4-6-14)18(25)23-7-9-27-10-8-23/h3-6H,7-10H2,1-2H3. The molecule has 140 valence electrons. The van der Waals surface area contributed by atoms with Gasteiger partial charge in [-0.3, -0.25) is 4.79 Å². The summed E-state index contributed by atoms with van der Waals surface area (Å²) in [6.45, 7) is 5.31. The number of amides is 1. The number of halogens is 1. The zero-order chi connectivity index (χ0) is 19.0. The molecule has 4 rings (SSSR count). The van der Waals surface area contributed by atoms with E-state index >= 15 is 0 Å².